The van der Waals surface area contributed by atoms with Crippen LogP contribution in [0.1, 0.15) is 66.7 Å². The standard InChI is InChI=1S/C32H37N3O/c1-24-8-5-12-27(20-24)30(21-28(36)13-6-11-25-15-18-33-19-16-25)31-23-35(22-26-9-3-2-4-10-26)32-29(31)14-7-17-34-32/h2-5,7-10,12,14,17,20,23,25,30,33H,6,11,13,15-16,18-19,21-22H2,1H3. The molecule has 186 valence electrons. The van der Waals surface area contributed by atoms with Gasteiger partial charge in [-0.1, -0.05) is 60.2 Å². The zero-order valence-electron chi connectivity index (χ0n) is 21.3. The van der Waals surface area contributed by atoms with Crippen LogP contribution >= 0.6 is 0 Å². The van der Waals surface area contributed by atoms with Crippen LogP contribution < -0.4 is 5.32 Å². The Morgan fingerprint density at radius 2 is 1.89 bits per heavy atom. The van der Waals surface area contributed by atoms with E-state index in [0.717, 1.165) is 43.0 Å². The van der Waals surface area contributed by atoms with Gasteiger partial charge in [0, 0.05) is 43.1 Å². The normalized spacial score (nSPS) is 15.2. The Bertz CT molecular complexity index is 1290. The number of aromatic nitrogens is 2. The van der Waals surface area contributed by atoms with E-state index in [-0.39, 0.29) is 5.92 Å². The average Bonchev–Trinajstić information content (AvgIpc) is 3.26. The molecule has 1 unspecified atom stereocenters. The van der Waals surface area contributed by atoms with Gasteiger partial charge >= 0.3 is 0 Å². The number of carbonyl (C=O) groups excluding carboxylic acids is 1. The SMILES string of the molecule is Cc1cccc(C(CC(=O)CCCC2CCNCC2)c2cn(Cc3ccccc3)c3ncccc23)c1. The molecule has 1 aliphatic heterocycles. The molecule has 1 saturated heterocycles. The highest BCUT2D eigenvalue weighted by Crippen LogP contribution is 2.35. The zero-order valence-corrected chi connectivity index (χ0v) is 21.3. The van der Waals surface area contributed by atoms with Gasteiger partial charge in [0.05, 0.1) is 0 Å². The third-order valence-corrected chi connectivity index (χ3v) is 7.64. The highest BCUT2D eigenvalue weighted by atomic mass is 16.1. The van der Waals surface area contributed by atoms with E-state index in [9.17, 15) is 4.79 Å². The van der Waals surface area contributed by atoms with Crippen molar-refractivity contribution in [2.45, 2.75) is 57.9 Å². The number of carbonyl (C=O) groups is 1. The molecular formula is C32H37N3O. The molecule has 2 aromatic carbocycles. The summed E-state index contributed by atoms with van der Waals surface area (Å²) in [7, 11) is 0. The highest BCUT2D eigenvalue weighted by Gasteiger charge is 2.24. The number of rotatable bonds is 10. The molecule has 0 saturated carbocycles. The van der Waals surface area contributed by atoms with E-state index in [0.29, 0.717) is 18.6 Å². The summed E-state index contributed by atoms with van der Waals surface area (Å²) in [5, 5.41) is 4.58. The second kappa shape index (κ2) is 11.7. The molecule has 1 aliphatic rings. The maximum absolute atomic E-state index is 13.3. The van der Waals surface area contributed by atoms with Crippen LogP contribution in [0.4, 0.5) is 0 Å². The predicted octanol–water partition coefficient (Wildman–Crippen LogP) is 6.65. The van der Waals surface area contributed by atoms with Crippen LogP contribution in [0.25, 0.3) is 11.0 Å². The number of piperidine rings is 1. The number of hydrogen-bond acceptors (Lipinski definition) is 3. The summed E-state index contributed by atoms with van der Waals surface area (Å²) < 4.78 is 2.24. The molecule has 4 aromatic rings. The number of hydrogen-bond donors (Lipinski definition) is 1. The monoisotopic (exact) mass is 479 g/mol. The van der Waals surface area contributed by atoms with Crippen molar-refractivity contribution in [3.63, 3.8) is 0 Å². The fourth-order valence-electron chi connectivity index (χ4n) is 5.71. The molecule has 1 N–H and O–H groups in total. The lowest BCUT2D eigenvalue weighted by Gasteiger charge is -2.22. The fourth-order valence-corrected chi connectivity index (χ4v) is 5.71. The third kappa shape index (κ3) is 5.93. The van der Waals surface area contributed by atoms with Crippen molar-refractivity contribution in [2.75, 3.05) is 13.1 Å². The summed E-state index contributed by atoms with van der Waals surface area (Å²) >= 11 is 0. The van der Waals surface area contributed by atoms with Gasteiger partial charge in [-0.3, -0.25) is 4.79 Å². The summed E-state index contributed by atoms with van der Waals surface area (Å²) in [5.74, 6) is 1.16. The second-order valence-corrected chi connectivity index (χ2v) is 10.4. The van der Waals surface area contributed by atoms with Gasteiger partial charge in [-0.05, 0) is 80.4 Å². The Labute approximate surface area is 214 Å². The number of aryl methyl sites for hydroxylation is 1. The smallest absolute Gasteiger partial charge is 0.140 e. The minimum Gasteiger partial charge on any atom is -0.328 e. The number of benzene rings is 2. The molecule has 0 aliphatic carbocycles. The van der Waals surface area contributed by atoms with Gasteiger partial charge in [0.2, 0.25) is 0 Å². The highest BCUT2D eigenvalue weighted by molar-refractivity contribution is 5.85. The van der Waals surface area contributed by atoms with Crippen LogP contribution in [0.15, 0.2) is 79.1 Å². The average molecular weight is 480 g/mol. The maximum Gasteiger partial charge on any atom is 0.140 e. The maximum atomic E-state index is 13.3. The Kier molecular flexibility index (Phi) is 7.92. The van der Waals surface area contributed by atoms with Crippen molar-refractivity contribution >= 4 is 16.8 Å². The van der Waals surface area contributed by atoms with Gasteiger partial charge in [0.25, 0.3) is 0 Å². The number of ketones is 1. The summed E-state index contributed by atoms with van der Waals surface area (Å²) in [4.78, 5) is 18.1. The van der Waals surface area contributed by atoms with Crippen LogP contribution in [0.3, 0.4) is 0 Å². The van der Waals surface area contributed by atoms with E-state index in [1.54, 1.807) is 0 Å². The van der Waals surface area contributed by atoms with E-state index in [1.165, 1.54) is 41.5 Å². The van der Waals surface area contributed by atoms with Gasteiger partial charge in [-0.15, -0.1) is 0 Å². The Hall–Kier alpha value is -3.24. The van der Waals surface area contributed by atoms with Crippen molar-refractivity contribution in [1.82, 2.24) is 14.9 Å². The first kappa shape index (κ1) is 24.5. The molecule has 4 heteroatoms. The fraction of sp³-hybridized carbons (Fsp3) is 0.375. The molecule has 0 amide bonds. The van der Waals surface area contributed by atoms with Gasteiger partial charge < -0.3 is 9.88 Å². The van der Waals surface area contributed by atoms with E-state index >= 15 is 0 Å². The van der Waals surface area contributed by atoms with Gasteiger partial charge in [0.15, 0.2) is 0 Å². The number of Topliss-reactive ketones (excluding diaryl/α,β-unsaturated/α-hetero) is 1. The third-order valence-electron chi connectivity index (χ3n) is 7.64. The van der Waals surface area contributed by atoms with E-state index in [1.807, 2.05) is 18.3 Å². The van der Waals surface area contributed by atoms with Crippen LogP contribution in [0, 0.1) is 12.8 Å². The molecule has 3 heterocycles. The van der Waals surface area contributed by atoms with Crippen molar-refractivity contribution in [3.8, 4) is 0 Å². The van der Waals surface area contributed by atoms with Crippen LogP contribution in [0.5, 0.6) is 0 Å². The van der Waals surface area contributed by atoms with Gasteiger partial charge in [0.1, 0.15) is 11.4 Å². The molecule has 1 fully saturated rings. The first-order valence-electron chi connectivity index (χ1n) is 13.4. The topological polar surface area (TPSA) is 46.9 Å². The molecule has 5 rings (SSSR count). The van der Waals surface area contributed by atoms with Crippen LogP contribution in [0.2, 0.25) is 0 Å². The van der Waals surface area contributed by atoms with E-state index in [2.05, 4.69) is 77.6 Å². The van der Waals surface area contributed by atoms with Crippen molar-refractivity contribution in [3.05, 3.63) is 101 Å². The molecule has 0 spiro atoms. The number of nitrogens with zero attached hydrogens (tertiary/aromatic N) is 2. The lowest BCUT2D eigenvalue weighted by molar-refractivity contribution is -0.119. The predicted molar refractivity (Wildman–Crippen MR) is 147 cm³/mol. The van der Waals surface area contributed by atoms with Crippen LogP contribution in [-0.2, 0) is 11.3 Å². The lowest BCUT2D eigenvalue weighted by Crippen LogP contribution is -2.27. The number of nitrogens with one attached hydrogen (secondary N) is 1. The molecule has 2 aromatic heterocycles. The van der Waals surface area contributed by atoms with E-state index in [4.69, 9.17) is 4.98 Å². The quantitative estimate of drug-likeness (QED) is 0.277. The Balaban J connectivity index is 1.41. The summed E-state index contributed by atoms with van der Waals surface area (Å²) in [6, 6.07) is 23.3. The molecule has 4 nitrogen and oxygen atoms in total. The number of fused-ring (bicyclic) bond motifs is 1. The molecular weight excluding hydrogens is 442 g/mol. The van der Waals surface area contributed by atoms with Crippen molar-refractivity contribution < 1.29 is 4.79 Å². The summed E-state index contributed by atoms with van der Waals surface area (Å²) in [6.07, 6.45) is 9.97. The zero-order chi connectivity index (χ0) is 24.7. The Morgan fingerprint density at radius 3 is 2.69 bits per heavy atom. The molecule has 1 atom stereocenters. The van der Waals surface area contributed by atoms with Crippen LogP contribution in [-0.4, -0.2) is 28.4 Å². The molecule has 0 bridgehead atoms. The molecule has 36 heavy (non-hydrogen) atoms. The lowest BCUT2D eigenvalue weighted by atomic mass is 9.85. The number of pyridine rings is 1. The minimum absolute atomic E-state index is 0.0278. The van der Waals surface area contributed by atoms with Crippen molar-refractivity contribution in [1.29, 1.82) is 0 Å². The first-order chi connectivity index (χ1) is 17.7. The minimum atomic E-state index is 0.0278. The summed E-state index contributed by atoms with van der Waals surface area (Å²) in [6.45, 7) is 5.13. The first-order valence-corrected chi connectivity index (χ1v) is 13.4. The molecule has 0 radical (unpaired) electrons. The Morgan fingerprint density at radius 1 is 1.06 bits per heavy atom. The van der Waals surface area contributed by atoms with Crippen molar-refractivity contribution in [2.24, 2.45) is 5.92 Å². The second-order valence-electron chi connectivity index (χ2n) is 10.4. The largest absolute Gasteiger partial charge is 0.328 e. The van der Waals surface area contributed by atoms with Gasteiger partial charge in [-0.25, -0.2) is 4.98 Å². The van der Waals surface area contributed by atoms with E-state index < -0.39 is 0 Å². The van der Waals surface area contributed by atoms with Gasteiger partial charge in [-0.2, -0.15) is 0 Å². The summed E-state index contributed by atoms with van der Waals surface area (Å²) in [5.41, 5.74) is 5.86.